The monoisotopic (exact) mass is 415 g/mol. The highest BCUT2D eigenvalue weighted by atomic mass is 16.3. The quantitative estimate of drug-likeness (QED) is 0.533. The van der Waals surface area contributed by atoms with Gasteiger partial charge in [0.1, 0.15) is 5.75 Å². The third-order valence-corrected chi connectivity index (χ3v) is 5.81. The molecule has 0 radical (unpaired) electrons. The first-order valence-electron chi connectivity index (χ1n) is 10.0. The highest BCUT2D eigenvalue weighted by Crippen LogP contribution is 2.33. The van der Waals surface area contributed by atoms with Gasteiger partial charge in [0.2, 0.25) is 5.91 Å². The van der Waals surface area contributed by atoms with Crippen molar-refractivity contribution in [2.45, 2.75) is 18.9 Å². The molecule has 2 aromatic carbocycles. The molecule has 0 fully saturated rings. The van der Waals surface area contributed by atoms with Crippen molar-refractivity contribution in [3.63, 3.8) is 0 Å². The Morgan fingerprint density at radius 2 is 2.00 bits per heavy atom. The summed E-state index contributed by atoms with van der Waals surface area (Å²) in [5, 5.41) is 15.5. The summed E-state index contributed by atoms with van der Waals surface area (Å²) in [5.74, 6) is -0.0449. The summed E-state index contributed by atoms with van der Waals surface area (Å²) in [6.07, 6.45) is 1.72. The molecule has 8 nitrogen and oxygen atoms in total. The lowest BCUT2D eigenvalue weighted by molar-refractivity contribution is -0.131. The van der Waals surface area contributed by atoms with E-state index in [0.717, 1.165) is 17.0 Å². The lowest BCUT2D eigenvalue weighted by Crippen LogP contribution is -2.40. The number of aromatic nitrogens is 4. The number of carbonyl (C=O) groups excluding carboxylic acids is 1. The molecule has 0 spiro atoms. The number of nitrogens with zero attached hydrogens (tertiary/aromatic N) is 4. The van der Waals surface area contributed by atoms with E-state index in [2.05, 4.69) is 15.1 Å². The van der Waals surface area contributed by atoms with E-state index in [0.29, 0.717) is 29.6 Å². The van der Waals surface area contributed by atoms with Crippen molar-refractivity contribution < 1.29 is 9.90 Å². The summed E-state index contributed by atoms with van der Waals surface area (Å²) in [5.41, 5.74) is 3.06. The van der Waals surface area contributed by atoms with Gasteiger partial charge in [-0.25, -0.2) is 9.67 Å². The maximum atomic E-state index is 13.3. The van der Waals surface area contributed by atoms with Crippen molar-refractivity contribution in [3.8, 4) is 5.75 Å². The molecule has 0 aliphatic carbocycles. The summed E-state index contributed by atoms with van der Waals surface area (Å²) in [7, 11) is 1.60. The standard InChI is InChI=1S/C23H21N5O3/c1-27-23(31)17-8-3-2-7-16(17)19(26-27)10-21(30)28-11-18(14-5-4-6-15(29)9-14)22-20(12-28)24-13-25-22/h2-9,13,18,29H,10-12H2,1H3,(H,24,25). The Labute approximate surface area is 177 Å². The number of rotatable bonds is 3. The van der Waals surface area contributed by atoms with Crippen LogP contribution in [0.2, 0.25) is 0 Å². The Morgan fingerprint density at radius 1 is 1.19 bits per heavy atom. The van der Waals surface area contributed by atoms with Crippen molar-refractivity contribution in [2.75, 3.05) is 6.54 Å². The molecule has 1 aliphatic rings. The predicted molar refractivity (Wildman–Crippen MR) is 115 cm³/mol. The van der Waals surface area contributed by atoms with Gasteiger partial charge in [-0.3, -0.25) is 9.59 Å². The van der Waals surface area contributed by atoms with Gasteiger partial charge in [-0.15, -0.1) is 0 Å². The van der Waals surface area contributed by atoms with Gasteiger partial charge in [0.05, 0.1) is 41.8 Å². The molecule has 0 saturated heterocycles. The molecule has 2 N–H and O–H groups in total. The highest BCUT2D eigenvalue weighted by Gasteiger charge is 2.32. The molecule has 0 bridgehead atoms. The van der Waals surface area contributed by atoms with Crippen LogP contribution in [0.25, 0.3) is 10.8 Å². The number of benzene rings is 2. The lowest BCUT2D eigenvalue weighted by atomic mass is 9.90. The number of aromatic hydroxyl groups is 1. The zero-order chi connectivity index (χ0) is 21.5. The second-order valence-electron chi connectivity index (χ2n) is 7.79. The lowest BCUT2D eigenvalue weighted by Gasteiger charge is -2.32. The molecule has 31 heavy (non-hydrogen) atoms. The van der Waals surface area contributed by atoms with E-state index in [1.54, 1.807) is 48.6 Å². The second kappa shape index (κ2) is 7.39. The molecular weight excluding hydrogens is 394 g/mol. The number of hydrogen-bond donors (Lipinski definition) is 2. The number of fused-ring (bicyclic) bond motifs is 2. The summed E-state index contributed by atoms with van der Waals surface area (Å²) in [6.45, 7) is 0.872. The molecule has 1 unspecified atom stereocenters. The molecule has 8 heteroatoms. The van der Waals surface area contributed by atoms with Crippen molar-refractivity contribution >= 4 is 16.7 Å². The molecule has 3 heterocycles. The van der Waals surface area contributed by atoms with Gasteiger partial charge in [0, 0.05) is 24.9 Å². The third kappa shape index (κ3) is 3.35. The number of phenols is 1. The Bertz CT molecular complexity index is 1360. The fourth-order valence-corrected chi connectivity index (χ4v) is 4.28. The van der Waals surface area contributed by atoms with E-state index in [1.807, 2.05) is 18.2 Å². The van der Waals surface area contributed by atoms with Gasteiger partial charge in [-0.2, -0.15) is 5.10 Å². The first-order valence-corrected chi connectivity index (χ1v) is 10.0. The van der Waals surface area contributed by atoms with Crippen molar-refractivity contribution in [1.82, 2.24) is 24.6 Å². The Kier molecular flexibility index (Phi) is 4.54. The minimum atomic E-state index is -0.184. The van der Waals surface area contributed by atoms with E-state index in [4.69, 9.17) is 0 Å². The SMILES string of the molecule is Cn1nc(CC(=O)N2Cc3[nH]cnc3C(c3cccc(O)c3)C2)c2ccccc2c1=O. The zero-order valence-corrected chi connectivity index (χ0v) is 16.9. The smallest absolute Gasteiger partial charge is 0.274 e. The van der Waals surface area contributed by atoms with Crippen LogP contribution in [0.1, 0.15) is 28.6 Å². The maximum Gasteiger partial charge on any atom is 0.274 e. The molecule has 4 aromatic rings. The van der Waals surface area contributed by atoms with Crippen molar-refractivity contribution in [3.05, 3.63) is 87.9 Å². The van der Waals surface area contributed by atoms with Gasteiger partial charge < -0.3 is 15.0 Å². The molecule has 5 rings (SSSR count). The van der Waals surface area contributed by atoms with Crippen LogP contribution in [0.5, 0.6) is 5.75 Å². The number of imidazole rings is 1. The van der Waals surface area contributed by atoms with Crippen molar-refractivity contribution in [1.29, 1.82) is 0 Å². The van der Waals surface area contributed by atoms with Crippen LogP contribution in [0.3, 0.4) is 0 Å². The molecule has 1 aliphatic heterocycles. The van der Waals surface area contributed by atoms with Crippen molar-refractivity contribution in [2.24, 2.45) is 7.05 Å². The average Bonchev–Trinajstić information content (AvgIpc) is 3.25. The fraction of sp³-hybridized carbons (Fsp3) is 0.217. The van der Waals surface area contributed by atoms with E-state index in [1.165, 1.54) is 4.68 Å². The molecule has 0 saturated carbocycles. The predicted octanol–water partition coefficient (Wildman–Crippen LogP) is 2.08. The van der Waals surface area contributed by atoms with Gasteiger partial charge >= 0.3 is 0 Å². The van der Waals surface area contributed by atoms with E-state index in [-0.39, 0.29) is 29.6 Å². The first-order chi connectivity index (χ1) is 15.0. The Morgan fingerprint density at radius 3 is 2.81 bits per heavy atom. The largest absolute Gasteiger partial charge is 0.508 e. The number of aryl methyl sites for hydroxylation is 1. The summed E-state index contributed by atoms with van der Waals surface area (Å²) in [4.78, 5) is 35.0. The number of phenolic OH excluding ortho intramolecular Hbond substituents is 1. The maximum absolute atomic E-state index is 13.3. The van der Waals surface area contributed by atoms with Crippen LogP contribution in [-0.4, -0.2) is 42.2 Å². The minimum Gasteiger partial charge on any atom is -0.508 e. The van der Waals surface area contributed by atoms with Gasteiger partial charge in [-0.05, 0) is 23.8 Å². The fourth-order valence-electron chi connectivity index (χ4n) is 4.28. The average molecular weight is 415 g/mol. The zero-order valence-electron chi connectivity index (χ0n) is 16.9. The third-order valence-electron chi connectivity index (χ3n) is 5.81. The Hall–Kier alpha value is -3.94. The highest BCUT2D eigenvalue weighted by molar-refractivity contribution is 5.88. The number of aromatic amines is 1. The number of nitrogens with one attached hydrogen (secondary N) is 1. The number of carbonyl (C=O) groups is 1. The van der Waals surface area contributed by atoms with Gasteiger partial charge in [-0.1, -0.05) is 30.3 Å². The summed E-state index contributed by atoms with van der Waals surface area (Å²) in [6, 6.07) is 14.3. The molecule has 156 valence electrons. The topological polar surface area (TPSA) is 104 Å². The van der Waals surface area contributed by atoms with Crippen LogP contribution in [-0.2, 0) is 24.8 Å². The summed E-state index contributed by atoms with van der Waals surface area (Å²) >= 11 is 0. The van der Waals surface area contributed by atoms with Crippen LogP contribution in [0.15, 0.2) is 59.7 Å². The van der Waals surface area contributed by atoms with Crippen LogP contribution in [0, 0.1) is 0 Å². The van der Waals surface area contributed by atoms with E-state index in [9.17, 15) is 14.7 Å². The van der Waals surface area contributed by atoms with E-state index < -0.39 is 0 Å². The van der Waals surface area contributed by atoms with Gasteiger partial charge in [0.25, 0.3) is 5.56 Å². The number of H-pyrrole nitrogens is 1. The van der Waals surface area contributed by atoms with Crippen LogP contribution >= 0.6 is 0 Å². The first kappa shape index (κ1) is 19.0. The molecule has 1 atom stereocenters. The van der Waals surface area contributed by atoms with Gasteiger partial charge in [0.15, 0.2) is 0 Å². The number of hydrogen-bond acceptors (Lipinski definition) is 5. The normalized spacial score (nSPS) is 15.8. The molecule has 1 amide bonds. The van der Waals surface area contributed by atoms with Crippen LogP contribution < -0.4 is 5.56 Å². The minimum absolute atomic E-state index is 0.0818. The molecular formula is C23H21N5O3. The van der Waals surface area contributed by atoms with E-state index >= 15 is 0 Å². The molecule has 2 aromatic heterocycles. The summed E-state index contributed by atoms with van der Waals surface area (Å²) < 4.78 is 1.28. The second-order valence-corrected chi connectivity index (χ2v) is 7.79. The Balaban J connectivity index is 1.48. The van der Waals surface area contributed by atoms with Crippen LogP contribution in [0.4, 0.5) is 0 Å². The number of amides is 1.